The highest BCUT2D eigenvalue weighted by molar-refractivity contribution is 7.26. The Morgan fingerprint density at radius 2 is 0.930 bits per heavy atom. The van der Waals surface area contributed by atoms with Gasteiger partial charge in [-0.3, -0.25) is 0 Å². The number of furan rings is 1. The molecule has 0 saturated heterocycles. The predicted octanol–water partition coefficient (Wildman–Crippen LogP) is 16.1. The van der Waals surface area contributed by atoms with Gasteiger partial charge < -0.3 is 9.32 Å². The van der Waals surface area contributed by atoms with Gasteiger partial charge in [-0.1, -0.05) is 164 Å². The summed E-state index contributed by atoms with van der Waals surface area (Å²) in [6.07, 6.45) is 0. The average Bonchev–Trinajstić information content (AvgIpc) is 3.85. The molecule has 0 bridgehead atoms. The molecule has 268 valence electrons. The highest BCUT2D eigenvalue weighted by Crippen LogP contribution is 2.49. The molecule has 11 rings (SSSR count). The molecule has 0 unspecified atom stereocenters. The van der Waals surface area contributed by atoms with Crippen LogP contribution in [-0.2, 0) is 0 Å². The lowest BCUT2D eigenvalue weighted by Crippen LogP contribution is -2.12. The van der Waals surface area contributed by atoms with Crippen LogP contribution in [0.4, 0.5) is 17.1 Å². The molecule has 0 saturated carbocycles. The highest BCUT2D eigenvalue weighted by Gasteiger charge is 2.24. The fourth-order valence-corrected chi connectivity index (χ4v) is 9.74. The number of hydrogen-bond donors (Lipinski definition) is 0. The van der Waals surface area contributed by atoms with E-state index >= 15 is 0 Å². The van der Waals surface area contributed by atoms with Gasteiger partial charge in [0.1, 0.15) is 11.2 Å². The van der Waals surface area contributed by atoms with Crippen LogP contribution in [0.2, 0.25) is 0 Å². The minimum absolute atomic E-state index is 0.857. The largest absolute Gasteiger partial charge is 0.456 e. The lowest BCUT2D eigenvalue weighted by atomic mass is 9.87. The topological polar surface area (TPSA) is 16.4 Å². The highest BCUT2D eigenvalue weighted by atomic mass is 32.1. The number of hydrogen-bond acceptors (Lipinski definition) is 3. The Morgan fingerprint density at radius 3 is 1.77 bits per heavy atom. The van der Waals surface area contributed by atoms with E-state index < -0.39 is 0 Å². The number of para-hydroxylation sites is 1. The van der Waals surface area contributed by atoms with Crippen molar-refractivity contribution in [1.82, 2.24) is 0 Å². The molecule has 2 nitrogen and oxygen atoms in total. The molecule has 0 aliphatic heterocycles. The third-order valence-corrected chi connectivity index (χ3v) is 12.3. The van der Waals surface area contributed by atoms with Crippen molar-refractivity contribution < 1.29 is 4.42 Å². The fraction of sp³-hybridized carbons (Fsp3) is 0. The molecule has 0 aliphatic rings. The number of thiophene rings is 1. The first-order valence-electron chi connectivity index (χ1n) is 19.3. The summed E-state index contributed by atoms with van der Waals surface area (Å²) in [5.74, 6) is 0. The van der Waals surface area contributed by atoms with E-state index in [0.29, 0.717) is 0 Å². The summed E-state index contributed by atoms with van der Waals surface area (Å²) in [7, 11) is 0. The van der Waals surface area contributed by atoms with Gasteiger partial charge in [0, 0.05) is 53.9 Å². The van der Waals surface area contributed by atoms with Crippen LogP contribution in [0.15, 0.2) is 217 Å². The van der Waals surface area contributed by atoms with E-state index in [0.717, 1.165) is 55.7 Å². The summed E-state index contributed by atoms with van der Waals surface area (Å²) >= 11 is 1.87. The normalized spacial score (nSPS) is 11.5. The van der Waals surface area contributed by atoms with Gasteiger partial charge in [0.2, 0.25) is 0 Å². The van der Waals surface area contributed by atoms with Crippen LogP contribution in [0.25, 0.3) is 86.6 Å². The Labute approximate surface area is 335 Å². The molecular formula is C54H35NOS. The van der Waals surface area contributed by atoms with E-state index in [4.69, 9.17) is 4.42 Å². The van der Waals surface area contributed by atoms with Crippen LogP contribution in [0, 0.1) is 0 Å². The van der Waals surface area contributed by atoms with Crippen LogP contribution in [0.1, 0.15) is 0 Å². The van der Waals surface area contributed by atoms with Crippen LogP contribution >= 0.6 is 11.3 Å². The molecule has 0 aliphatic carbocycles. The lowest BCUT2D eigenvalue weighted by molar-refractivity contribution is 0.669. The van der Waals surface area contributed by atoms with Crippen molar-refractivity contribution in [2.24, 2.45) is 0 Å². The van der Waals surface area contributed by atoms with Crippen molar-refractivity contribution >= 4 is 70.5 Å². The van der Waals surface area contributed by atoms with Gasteiger partial charge in [-0.05, 0) is 81.4 Å². The van der Waals surface area contributed by atoms with E-state index in [1.807, 2.05) is 23.5 Å². The van der Waals surface area contributed by atoms with Gasteiger partial charge in [0.25, 0.3) is 0 Å². The molecule has 0 radical (unpaired) electrons. The minimum Gasteiger partial charge on any atom is -0.456 e. The first-order chi connectivity index (χ1) is 28.3. The maximum Gasteiger partial charge on any atom is 0.137 e. The van der Waals surface area contributed by atoms with Gasteiger partial charge in [-0.15, -0.1) is 11.3 Å². The van der Waals surface area contributed by atoms with E-state index in [1.54, 1.807) is 0 Å². The SMILES string of the molecule is c1ccc(-c2ccccc2-c2c(-c3ccccc3)cccc2N(c2cccc(-c3cccc4c3sc3ccccc34)c2)c2ccc3c(c2)oc2ccccc23)cc1. The fourth-order valence-electron chi connectivity index (χ4n) is 8.51. The predicted molar refractivity (Wildman–Crippen MR) is 243 cm³/mol. The lowest BCUT2D eigenvalue weighted by Gasteiger charge is -2.30. The number of fused-ring (bicyclic) bond motifs is 6. The number of anilines is 3. The third-order valence-electron chi connectivity index (χ3n) is 11.1. The summed E-state index contributed by atoms with van der Waals surface area (Å²) in [6.45, 7) is 0. The minimum atomic E-state index is 0.857. The first kappa shape index (κ1) is 33.2. The van der Waals surface area contributed by atoms with Gasteiger partial charge >= 0.3 is 0 Å². The molecule has 3 heteroatoms. The monoisotopic (exact) mass is 745 g/mol. The Bertz CT molecular complexity index is 3250. The second-order valence-electron chi connectivity index (χ2n) is 14.4. The quantitative estimate of drug-likeness (QED) is 0.162. The van der Waals surface area contributed by atoms with Crippen LogP contribution in [-0.4, -0.2) is 0 Å². The zero-order valence-corrected chi connectivity index (χ0v) is 31.8. The third kappa shape index (κ3) is 5.71. The summed E-state index contributed by atoms with van der Waals surface area (Å²) in [5.41, 5.74) is 14.3. The van der Waals surface area contributed by atoms with Crippen LogP contribution in [0.3, 0.4) is 0 Å². The zero-order valence-electron chi connectivity index (χ0n) is 31.0. The molecule has 0 spiro atoms. The van der Waals surface area contributed by atoms with E-state index in [2.05, 4.69) is 205 Å². The van der Waals surface area contributed by atoms with Crippen molar-refractivity contribution in [2.75, 3.05) is 4.90 Å². The standard InChI is InChI=1S/C54H35NOS/c1-3-16-36(17-4-1)41-22-7-8-25-47(41)53-42(37-18-5-2-6-19-37)26-15-29-49(53)55(40-32-33-45-44-23-9-11-30-50(44)56-51(45)35-40)39-21-13-20-38(34-39)43-27-14-28-48-46-24-10-12-31-52(46)57-54(43)48/h1-35H. The van der Waals surface area contributed by atoms with Crippen molar-refractivity contribution in [3.05, 3.63) is 212 Å². The molecule has 2 heterocycles. The molecular weight excluding hydrogens is 711 g/mol. The van der Waals surface area contributed by atoms with Gasteiger partial charge in [-0.25, -0.2) is 0 Å². The van der Waals surface area contributed by atoms with Gasteiger partial charge in [0.05, 0.1) is 5.69 Å². The Morgan fingerprint density at radius 1 is 0.351 bits per heavy atom. The summed E-state index contributed by atoms with van der Waals surface area (Å²) in [4.78, 5) is 2.42. The summed E-state index contributed by atoms with van der Waals surface area (Å²) in [6, 6.07) is 76.4. The number of rotatable bonds is 7. The maximum absolute atomic E-state index is 6.54. The smallest absolute Gasteiger partial charge is 0.137 e. The van der Waals surface area contributed by atoms with E-state index in [9.17, 15) is 0 Å². The molecule has 57 heavy (non-hydrogen) atoms. The number of nitrogens with zero attached hydrogens (tertiary/aromatic N) is 1. The van der Waals surface area contributed by atoms with Crippen LogP contribution in [0.5, 0.6) is 0 Å². The molecule has 0 amide bonds. The number of benzene rings is 9. The molecule has 11 aromatic rings. The van der Waals surface area contributed by atoms with Crippen molar-refractivity contribution in [2.45, 2.75) is 0 Å². The second-order valence-corrected chi connectivity index (χ2v) is 15.5. The van der Waals surface area contributed by atoms with E-state index in [-0.39, 0.29) is 0 Å². The summed E-state index contributed by atoms with van der Waals surface area (Å²) in [5, 5.41) is 4.82. The first-order valence-corrected chi connectivity index (χ1v) is 20.2. The molecule has 0 fully saturated rings. The second kappa shape index (κ2) is 13.8. The Hall–Kier alpha value is -7.20. The molecule has 0 atom stereocenters. The molecule has 2 aromatic heterocycles. The zero-order chi connectivity index (χ0) is 37.7. The summed E-state index contributed by atoms with van der Waals surface area (Å²) < 4.78 is 9.15. The maximum atomic E-state index is 6.54. The van der Waals surface area contributed by atoms with Crippen molar-refractivity contribution in [1.29, 1.82) is 0 Å². The molecule has 0 N–H and O–H groups in total. The Balaban J connectivity index is 1.20. The van der Waals surface area contributed by atoms with Gasteiger partial charge in [-0.2, -0.15) is 0 Å². The molecule has 9 aromatic carbocycles. The van der Waals surface area contributed by atoms with E-state index in [1.165, 1.54) is 48.0 Å². The average molecular weight is 746 g/mol. The Kier molecular flexibility index (Phi) is 8.04. The van der Waals surface area contributed by atoms with Crippen LogP contribution < -0.4 is 4.90 Å². The van der Waals surface area contributed by atoms with Gasteiger partial charge in [0.15, 0.2) is 0 Å². The van der Waals surface area contributed by atoms with Crippen molar-refractivity contribution in [3.8, 4) is 44.5 Å². The van der Waals surface area contributed by atoms with Crippen molar-refractivity contribution in [3.63, 3.8) is 0 Å².